The highest BCUT2D eigenvalue weighted by atomic mass is 79.9. The molecule has 0 aliphatic carbocycles. The minimum atomic E-state index is -0.862. The van der Waals surface area contributed by atoms with Crippen molar-refractivity contribution in [2.24, 2.45) is 0 Å². The summed E-state index contributed by atoms with van der Waals surface area (Å²) in [5.41, 5.74) is 0.755. The summed E-state index contributed by atoms with van der Waals surface area (Å²) in [5.74, 6) is -1.85. The molecule has 1 aromatic carbocycles. The number of amides is 2. The van der Waals surface area contributed by atoms with Gasteiger partial charge in [-0.1, -0.05) is 28.1 Å². The molecular weight excluding hydrogens is 304 g/mol. The predicted octanol–water partition coefficient (Wildman–Crippen LogP) is 1.41. The maximum atomic E-state index is 11.7. The van der Waals surface area contributed by atoms with Gasteiger partial charge in [-0.3, -0.25) is 25.0 Å². The first-order chi connectivity index (χ1) is 8.43. The average Bonchev–Trinajstić information content (AvgIpc) is 2.54. The summed E-state index contributed by atoms with van der Waals surface area (Å²) in [6.07, 6.45) is 0. The van der Waals surface area contributed by atoms with Gasteiger partial charge in [-0.05, 0) is 12.5 Å². The number of nitro groups is 1. The van der Waals surface area contributed by atoms with Crippen molar-refractivity contribution in [2.45, 2.75) is 17.7 Å². The Balaban J connectivity index is 2.61. The standard InChI is InChI=1S/C11H9BrN2O4/c1-5-3-2-4-6(14(17)18)7(5)8-9(12)11(16)13-10(8)15/h2-4,8-9H,1H3,(H,13,15,16). The number of hydrogen-bond acceptors (Lipinski definition) is 4. The molecule has 1 aliphatic rings. The maximum Gasteiger partial charge on any atom is 0.273 e. The van der Waals surface area contributed by atoms with Crippen LogP contribution in [0.3, 0.4) is 0 Å². The van der Waals surface area contributed by atoms with Crippen molar-refractivity contribution in [3.63, 3.8) is 0 Å². The zero-order valence-corrected chi connectivity index (χ0v) is 10.9. The summed E-state index contributed by atoms with van der Waals surface area (Å²) in [7, 11) is 0. The smallest absolute Gasteiger partial charge is 0.273 e. The summed E-state index contributed by atoms with van der Waals surface area (Å²) in [4.78, 5) is 32.8. The van der Waals surface area contributed by atoms with Crippen molar-refractivity contribution in [1.29, 1.82) is 0 Å². The van der Waals surface area contributed by atoms with Gasteiger partial charge in [-0.2, -0.15) is 0 Å². The van der Waals surface area contributed by atoms with Crippen LogP contribution in [0, 0.1) is 17.0 Å². The zero-order valence-electron chi connectivity index (χ0n) is 9.34. The Bertz CT molecular complexity index is 558. The Hall–Kier alpha value is -1.76. The van der Waals surface area contributed by atoms with E-state index in [0.29, 0.717) is 5.56 Å². The van der Waals surface area contributed by atoms with Crippen molar-refractivity contribution in [2.75, 3.05) is 0 Å². The van der Waals surface area contributed by atoms with Crippen LogP contribution in [0.1, 0.15) is 17.0 Å². The van der Waals surface area contributed by atoms with Crippen molar-refractivity contribution in [3.8, 4) is 0 Å². The first kappa shape index (κ1) is 12.7. The van der Waals surface area contributed by atoms with Crippen LogP contribution in [0.2, 0.25) is 0 Å². The van der Waals surface area contributed by atoms with Crippen LogP contribution in [0.15, 0.2) is 18.2 Å². The molecule has 1 saturated heterocycles. The molecule has 2 atom stereocenters. The number of benzene rings is 1. The van der Waals surface area contributed by atoms with Gasteiger partial charge in [0.15, 0.2) is 0 Å². The fraction of sp³-hybridized carbons (Fsp3) is 0.273. The molecule has 0 saturated carbocycles. The number of aryl methyl sites for hydroxylation is 1. The SMILES string of the molecule is Cc1cccc([N+](=O)[O-])c1C1C(=O)NC(=O)C1Br. The van der Waals surface area contributed by atoms with Gasteiger partial charge in [0.05, 0.1) is 10.8 Å². The number of rotatable bonds is 2. The number of nitrogens with zero attached hydrogens (tertiary/aromatic N) is 1. The molecule has 94 valence electrons. The third kappa shape index (κ3) is 1.90. The first-order valence-electron chi connectivity index (χ1n) is 5.16. The van der Waals surface area contributed by atoms with Crippen LogP contribution in [-0.2, 0) is 9.59 Å². The van der Waals surface area contributed by atoms with Crippen molar-refractivity contribution < 1.29 is 14.5 Å². The highest BCUT2D eigenvalue weighted by Gasteiger charge is 2.44. The van der Waals surface area contributed by atoms with E-state index in [1.165, 1.54) is 6.07 Å². The number of imide groups is 1. The Kier molecular flexibility index (Phi) is 3.16. The van der Waals surface area contributed by atoms with Gasteiger partial charge in [0, 0.05) is 11.6 Å². The Morgan fingerprint density at radius 3 is 2.50 bits per heavy atom. The number of carbonyl (C=O) groups is 2. The lowest BCUT2D eigenvalue weighted by Gasteiger charge is -2.13. The largest absolute Gasteiger partial charge is 0.295 e. The second-order valence-corrected chi connectivity index (χ2v) is 4.98. The van der Waals surface area contributed by atoms with Crippen LogP contribution < -0.4 is 5.32 Å². The Labute approximate surface area is 111 Å². The quantitative estimate of drug-likeness (QED) is 0.387. The number of halogens is 1. The van der Waals surface area contributed by atoms with Gasteiger partial charge < -0.3 is 0 Å². The van der Waals surface area contributed by atoms with E-state index in [4.69, 9.17) is 0 Å². The number of nitro benzene ring substituents is 1. The lowest BCUT2D eigenvalue weighted by Crippen LogP contribution is -2.22. The lowest BCUT2D eigenvalue weighted by atomic mass is 9.92. The van der Waals surface area contributed by atoms with E-state index in [9.17, 15) is 19.7 Å². The van der Waals surface area contributed by atoms with Gasteiger partial charge in [-0.15, -0.1) is 0 Å². The molecule has 6 nitrogen and oxygen atoms in total. The van der Waals surface area contributed by atoms with E-state index in [1.54, 1.807) is 19.1 Å². The van der Waals surface area contributed by atoms with Gasteiger partial charge in [-0.25, -0.2) is 0 Å². The van der Waals surface area contributed by atoms with Crippen LogP contribution in [0.5, 0.6) is 0 Å². The van der Waals surface area contributed by atoms with E-state index in [-0.39, 0.29) is 11.3 Å². The summed E-state index contributed by atoms with van der Waals surface area (Å²) < 4.78 is 0. The predicted molar refractivity (Wildman–Crippen MR) is 66.4 cm³/mol. The molecule has 2 rings (SSSR count). The summed E-state index contributed by atoms with van der Waals surface area (Å²) in [6.45, 7) is 1.68. The zero-order chi connectivity index (χ0) is 13.4. The van der Waals surface area contributed by atoms with Gasteiger partial charge in [0.2, 0.25) is 11.8 Å². The molecule has 18 heavy (non-hydrogen) atoms. The normalized spacial score (nSPS) is 23.0. The molecule has 0 aromatic heterocycles. The molecule has 1 aliphatic heterocycles. The minimum Gasteiger partial charge on any atom is -0.295 e. The van der Waals surface area contributed by atoms with Crippen LogP contribution >= 0.6 is 15.9 Å². The minimum absolute atomic E-state index is 0.144. The number of nitrogens with one attached hydrogen (secondary N) is 1. The van der Waals surface area contributed by atoms with E-state index in [0.717, 1.165) is 0 Å². The van der Waals surface area contributed by atoms with E-state index < -0.39 is 27.5 Å². The molecule has 0 radical (unpaired) electrons. The second-order valence-electron chi connectivity index (χ2n) is 4.00. The summed E-state index contributed by atoms with van der Waals surface area (Å²) in [5, 5.41) is 13.2. The van der Waals surface area contributed by atoms with Crippen molar-refractivity contribution >= 4 is 33.4 Å². The average molecular weight is 313 g/mol. The number of alkyl halides is 1. The number of carbonyl (C=O) groups excluding carboxylic acids is 2. The molecule has 7 heteroatoms. The first-order valence-corrected chi connectivity index (χ1v) is 6.07. The molecular formula is C11H9BrN2O4. The molecule has 2 unspecified atom stereocenters. The summed E-state index contributed by atoms with van der Waals surface area (Å²) in [6, 6.07) is 4.56. The molecule has 1 heterocycles. The highest BCUT2D eigenvalue weighted by molar-refractivity contribution is 9.10. The fourth-order valence-corrected chi connectivity index (χ4v) is 2.68. The Morgan fingerprint density at radius 1 is 1.33 bits per heavy atom. The van der Waals surface area contributed by atoms with Gasteiger partial charge >= 0.3 is 0 Å². The topological polar surface area (TPSA) is 89.3 Å². The van der Waals surface area contributed by atoms with Gasteiger partial charge in [0.25, 0.3) is 5.69 Å². The van der Waals surface area contributed by atoms with Crippen molar-refractivity contribution in [1.82, 2.24) is 5.32 Å². The lowest BCUT2D eigenvalue weighted by molar-refractivity contribution is -0.385. The molecule has 1 fully saturated rings. The van der Waals surface area contributed by atoms with E-state index >= 15 is 0 Å². The van der Waals surface area contributed by atoms with Crippen LogP contribution in [-0.4, -0.2) is 21.6 Å². The van der Waals surface area contributed by atoms with Crippen LogP contribution in [0.4, 0.5) is 5.69 Å². The second kappa shape index (κ2) is 4.49. The molecule has 1 aromatic rings. The molecule has 0 spiro atoms. The fourth-order valence-electron chi connectivity index (χ4n) is 2.06. The van der Waals surface area contributed by atoms with E-state index in [2.05, 4.69) is 21.2 Å². The van der Waals surface area contributed by atoms with Crippen molar-refractivity contribution in [3.05, 3.63) is 39.4 Å². The molecule has 0 bridgehead atoms. The Morgan fingerprint density at radius 2 is 2.00 bits per heavy atom. The summed E-state index contributed by atoms with van der Waals surface area (Å²) >= 11 is 3.11. The third-order valence-electron chi connectivity index (χ3n) is 2.88. The highest BCUT2D eigenvalue weighted by Crippen LogP contribution is 2.37. The monoisotopic (exact) mass is 312 g/mol. The number of hydrogen-bond donors (Lipinski definition) is 1. The van der Waals surface area contributed by atoms with Gasteiger partial charge in [0.1, 0.15) is 4.83 Å². The van der Waals surface area contributed by atoms with E-state index in [1.807, 2.05) is 0 Å². The molecule has 2 amide bonds. The maximum absolute atomic E-state index is 11.7. The third-order valence-corrected chi connectivity index (χ3v) is 3.83. The van der Waals surface area contributed by atoms with Crippen LogP contribution in [0.25, 0.3) is 0 Å². The molecule has 1 N–H and O–H groups in total.